The highest BCUT2D eigenvalue weighted by molar-refractivity contribution is 6.31. The summed E-state index contributed by atoms with van der Waals surface area (Å²) in [5.41, 5.74) is 2.00. The van der Waals surface area contributed by atoms with E-state index in [-0.39, 0.29) is 31.4 Å². The fraction of sp³-hybridized carbons (Fsp3) is 0.429. The van der Waals surface area contributed by atoms with Gasteiger partial charge in [0.25, 0.3) is 0 Å². The van der Waals surface area contributed by atoms with Gasteiger partial charge in [-0.3, -0.25) is 0 Å². The van der Waals surface area contributed by atoms with Gasteiger partial charge in [0.2, 0.25) is 0 Å². The van der Waals surface area contributed by atoms with Gasteiger partial charge in [-0.15, -0.1) is 24.8 Å². The van der Waals surface area contributed by atoms with Gasteiger partial charge < -0.3 is 25.2 Å². The van der Waals surface area contributed by atoms with Gasteiger partial charge in [-0.25, -0.2) is 0 Å². The number of nitrogens with one attached hydrogen (secondary N) is 2. The minimum absolute atomic E-state index is 0. The average Bonchev–Trinajstić information content (AvgIpc) is 2.68. The summed E-state index contributed by atoms with van der Waals surface area (Å²) in [4.78, 5) is 0. The summed E-state index contributed by atoms with van der Waals surface area (Å²) in [6, 6.07) is 13.6. The molecule has 0 atom stereocenters. The summed E-state index contributed by atoms with van der Waals surface area (Å²) in [6.07, 6.45) is 0.987. The van der Waals surface area contributed by atoms with Crippen LogP contribution in [0.15, 0.2) is 42.5 Å². The summed E-state index contributed by atoms with van der Waals surface area (Å²) in [7, 11) is 0. The Labute approximate surface area is 191 Å². The van der Waals surface area contributed by atoms with Gasteiger partial charge in [-0.2, -0.15) is 0 Å². The van der Waals surface area contributed by atoms with Gasteiger partial charge in [0, 0.05) is 29.2 Å². The van der Waals surface area contributed by atoms with E-state index in [0.717, 1.165) is 42.1 Å². The molecule has 0 saturated carbocycles. The number of aliphatic hydroxyl groups excluding tert-OH is 1. The Morgan fingerprint density at radius 3 is 2.34 bits per heavy atom. The van der Waals surface area contributed by atoms with Crippen molar-refractivity contribution in [1.82, 2.24) is 10.6 Å². The van der Waals surface area contributed by atoms with Crippen LogP contribution in [0.25, 0.3) is 0 Å². The number of halogens is 3. The largest absolute Gasteiger partial charge is 0.490 e. The molecule has 0 bridgehead atoms. The Morgan fingerprint density at radius 1 is 0.897 bits per heavy atom. The molecule has 2 rings (SSSR count). The van der Waals surface area contributed by atoms with Gasteiger partial charge in [0.1, 0.15) is 6.61 Å². The van der Waals surface area contributed by atoms with Crippen molar-refractivity contribution in [2.45, 2.75) is 26.5 Å². The molecular weight excluding hydrogens is 435 g/mol. The van der Waals surface area contributed by atoms with Crippen LogP contribution in [0, 0.1) is 0 Å². The normalized spacial score (nSPS) is 10.0. The monoisotopic (exact) mass is 464 g/mol. The molecule has 0 aliphatic carbocycles. The minimum Gasteiger partial charge on any atom is -0.490 e. The second-order valence-electron chi connectivity index (χ2n) is 6.06. The SMILES string of the molecule is CCOc1cccc(CNCCCNCCO)c1OCc1ccccc1Cl.Cl.Cl. The standard InChI is InChI=1S/C21H29ClN2O3.2ClH/c1-2-26-20-10-5-8-17(15-24-12-6-11-23-13-14-25)21(20)27-16-18-7-3-4-9-19(18)22;;/h3-5,7-10,23-25H,2,6,11-16H2,1H3;2*1H. The predicted octanol–water partition coefficient (Wildman–Crippen LogP) is 4.22. The Hall–Kier alpha value is -1.21. The van der Waals surface area contributed by atoms with Gasteiger partial charge >= 0.3 is 0 Å². The fourth-order valence-corrected chi connectivity index (χ4v) is 2.85. The van der Waals surface area contributed by atoms with E-state index in [9.17, 15) is 0 Å². The highest BCUT2D eigenvalue weighted by Gasteiger charge is 2.12. The molecule has 5 nitrogen and oxygen atoms in total. The van der Waals surface area contributed by atoms with Gasteiger partial charge in [-0.1, -0.05) is 41.9 Å². The molecule has 0 spiro atoms. The summed E-state index contributed by atoms with van der Waals surface area (Å²) in [5.74, 6) is 1.50. The van der Waals surface area contributed by atoms with Crippen molar-refractivity contribution in [2.24, 2.45) is 0 Å². The first-order valence-corrected chi connectivity index (χ1v) is 9.77. The zero-order valence-electron chi connectivity index (χ0n) is 16.7. The fourth-order valence-electron chi connectivity index (χ4n) is 2.66. The number of para-hydroxylation sites is 1. The number of hydrogen-bond acceptors (Lipinski definition) is 5. The van der Waals surface area contributed by atoms with E-state index < -0.39 is 0 Å². The van der Waals surface area contributed by atoms with Crippen LogP contribution in [0.2, 0.25) is 5.02 Å². The smallest absolute Gasteiger partial charge is 0.166 e. The minimum atomic E-state index is 0. The van der Waals surface area contributed by atoms with E-state index >= 15 is 0 Å². The Kier molecular flexibility index (Phi) is 15.9. The maximum absolute atomic E-state index is 8.76. The van der Waals surface area contributed by atoms with E-state index in [0.29, 0.717) is 31.3 Å². The summed E-state index contributed by atoms with van der Waals surface area (Å²) < 4.78 is 11.9. The second-order valence-corrected chi connectivity index (χ2v) is 6.47. The van der Waals surface area contributed by atoms with Crippen molar-refractivity contribution in [2.75, 3.05) is 32.8 Å². The van der Waals surface area contributed by atoms with Gasteiger partial charge in [0.05, 0.1) is 13.2 Å². The Bertz CT molecular complexity index is 690. The third-order valence-electron chi connectivity index (χ3n) is 4.00. The van der Waals surface area contributed by atoms with Crippen LogP contribution in [0.3, 0.4) is 0 Å². The summed E-state index contributed by atoms with van der Waals surface area (Å²) in [6.45, 7) is 6.18. The first-order valence-electron chi connectivity index (χ1n) is 9.39. The second kappa shape index (κ2) is 16.6. The Morgan fingerprint density at radius 2 is 1.62 bits per heavy atom. The van der Waals surface area contributed by atoms with Gasteiger partial charge in [-0.05, 0) is 38.6 Å². The molecule has 0 aromatic heterocycles. The molecular formula is C21H31Cl3N2O3. The number of aliphatic hydroxyl groups is 1. The van der Waals surface area contributed by atoms with E-state index in [2.05, 4.69) is 10.6 Å². The lowest BCUT2D eigenvalue weighted by atomic mass is 10.1. The van der Waals surface area contributed by atoms with Crippen LogP contribution in [-0.2, 0) is 13.2 Å². The predicted molar refractivity (Wildman–Crippen MR) is 124 cm³/mol. The van der Waals surface area contributed by atoms with Crippen molar-refractivity contribution in [3.8, 4) is 11.5 Å². The van der Waals surface area contributed by atoms with Crippen LogP contribution in [0.5, 0.6) is 11.5 Å². The highest BCUT2D eigenvalue weighted by Crippen LogP contribution is 2.32. The number of ether oxygens (including phenoxy) is 2. The topological polar surface area (TPSA) is 62.8 Å². The summed E-state index contributed by atoms with van der Waals surface area (Å²) >= 11 is 6.24. The summed E-state index contributed by atoms with van der Waals surface area (Å²) in [5, 5.41) is 16.1. The molecule has 0 saturated heterocycles. The van der Waals surface area contributed by atoms with Crippen molar-refractivity contribution in [3.05, 3.63) is 58.6 Å². The lowest BCUT2D eigenvalue weighted by Gasteiger charge is -2.17. The zero-order valence-corrected chi connectivity index (χ0v) is 19.0. The maximum atomic E-state index is 8.76. The number of rotatable bonds is 13. The van der Waals surface area contributed by atoms with Crippen LogP contribution >= 0.6 is 36.4 Å². The number of hydrogen-bond donors (Lipinski definition) is 3. The zero-order chi connectivity index (χ0) is 19.3. The van der Waals surface area contributed by atoms with Crippen molar-refractivity contribution in [1.29, 1.82) is 0 Å². The van der Waals surface area contributed by atoms with Gasteiger partial charge in [0.15, 0.2) is 11.5 Å². The van der Waals surface area contributed by atoms with Crippen LogP contribution < -0.4 is 20.1 Å². The molecule has 0 unspecified atom stereocenters. The van der Waals surface area contributed by atoms with Crippen LogP contribution in [0.1, 0.15) is 24.5 Å². The highest BCUT2D eigenvalue weighted by atomic mass is 35.5. The molecule has 2 aromatic rings. The molecule has 0 aliphatic heterocycles. The Balaban J connectivity index is 0.00000392. The van der Waals surface area contributed by atoms with E-state index in [1.807, 2.05) is 49.4 Å². The first-order chi connectivity index (χ1) is 13.3. The third-order valence-corrected chi connectivity index (χ3v) is 4.37. The molecule has 0 radical (unpaired) electrons. The average molecular weight is 466 g/mol. The molecule has 0 fully saturated rings. The van der Waals surface area contributed by atoms with E-state index in [4.69, 9.17) is 26.2 Å². The molecule has 0 heterocycles. The molecule has 2 aromatic carbocycles. The van der Waals surface area contributed by atoms with Crippen LogP contribution in [0.4, 0.5) is 0 Å². The van der Waals surface area contributed by atoms with E-state index in [1.165, 1.54) is 0 Å². The lowest BCUT2D eigenvalue weighted by molar-refractivity contribution is 0.266. The quantitative estimate of drug-likeness (QED) is 0.387. The molecule has 8 heteroatoms. The first kappa shape index (κ1) is 27.8. The molecule has 0 amide bonds. The maximum Gasteiger partial charge on any atom is 0.166 e. The molecule has 29 heavy (non-hydrogen) atoms. The van der Waals surface area contributed by atoms with Crippen molar-refractivity contribution >= 4 is 36.4 Å². The van der Waals surface area contributed by atoms with Crippen molar-refractivity contribution < 1.29 is 14.6 Å². The van der Waals surface area contributed by atoms with E-state index in [1.54, 1.807) is 0 Å². The third kappa shape index (κ3) is 9.90. The molecule has 0 aliphatic rings. The molecule has 3 N–H and O–H groups in total. The lowest BCUT2D eigenvalue weighted by Crippen LogP contribution is -2.24. The molecule has 164 valence electrons. The van der Waals surface area contributed by atoms with Crippen LogP contribution in [-0.4, -0.2) is 38.0 Å². The van der Waals surface area contributed by atoms with Crippen molar-refractivity contribution in [3.63, 3.8) is 0 Å². The number of benzene rings is 2.